The standard InChI is InChI=1S/C26H27ClN2O5/c1-4-32-22-14-18(15-23(33-5-2)24(22)34-6-3)26(31)29-21-12-8-11-20(16-21)28-25(30)17-9-7-10-19(27)13-17/h7-16H,4-6H2,1-3H3,(H,28,30)(H,29,31). The third kappa shape index (κ3) is 6.42. The molecule has 0 fully saturated rings. The van der Waals surface area contributed by atoms with E-state index >= 15 is 0 Å². The zero-order valence-electron chi connectivity index (χ0n) is 19.3. The number of nitrogens with one attached hydrogen (secondary N) is 2. The Morgan fingerprint density at radius 2 is 1.24 bits per heavy atom. The molecule has 8 heteroatoms. The van der Waals surface area contributed by atoms with E-state index in [1.165, 1.54) is 0 Å². The van der Waals surface area contributed by atoms with Crippen LogP contribution < -0.4 is 24.8 Å². The van der Waals surface area contributed by atoms with Gasteiger partial charge < -0.3 is 24.8 Å². The number of carbonyl (C=O) groups is 2. The van der Waals surface area contributed by atoms with Gasteiger partial charge in [0.25, 0.3) is 11.8 Å². The van der Waals surface area contributed by atoms with Crippen molar-refractivity contribution >= 4 is 34.8 Å². The summed E-state index contributed by atoms with van der Waals surface area (Å²) in [5, 5.41) is 6.13. The van der Waals surface area contributed by atoms with Crippen molar-refractivity contribution in [2.24, 2.45) is 0 Å². The van der Waals surface area contributed by atoms with E-state index in [0.29, 0.717) is 64.6 Å². The maximum absolute atomic E-state index is 13.0. The van der Waals surface area contributed by atoms with Crippen molar-refractivity contribution in [1.82, 2.24) is 0 Å². The Morgan fingerprint density at radius 3 is 1.76 bits per heavy atom. The molecule has 2 N–H and O–H groups in total. The first-order valence-corrected chi connectivity index (χ1v) is 11.4. The fourth-order valence-electron chi connectivity index (χ4n) is 3.23. The van der Waals surface area contributed by atoms with Crippen LogP contribution in [-0.2, 0) is 0 Å². The average molecular weight is 483 g/mol. The molecule has 34 heavy (non-hydrogen) atoms. The molecule has 0 aliphatic rings. The van der Waals surface area contributed by atoms with Crippen molar-refractivity contribution in [3.63, 3.8) is 0 Å². The smallest absolute Gasteiger partial charge is 0.255 e. The second kappa shape index (κ2) is 12.0. The first-order chi connectivity index (χ1) is 16.4. The van der Waals surface area contributed by atoms with Gasteiger partial charge in [-0.05, 0) is 69.3 Å². The lowest BCUT2D eigenvalue weighted by Gasteiger charge is -2.17. The minimum atomic E-state index is -0.358. The number of halogens is 1. The van der Waals surface area contributed by atoms with Gasteiger partial charge in [0.05, 0.1) is 19.8 Å². The second-order valence-electron chi connectivity index (χ2n) is 7.10. The van der Waals surface area contributed by atoms with E-state index in [1.54, 1.807) is 60.7 Å². The number of benzene rings is 3. The highest BCUT2D eigenvalue weighted by atomic mass is 35.5. The summed E-state index contributed by atoms with van der Waals surface area (Å²) < 4.78 is 17.1. The summed E-state index contributed by atoms with van der Waals surface area (Å²) in [6.07, 6.45) is 0. The van der Waals surface area contributed by atoms with Crippen molar-refractivity contribution in [2.75, 3.05) is 30.5 Å². The molecule has 0 atom stereocenters. The fourth-order valence-corrected chi connectivity index (χ4v) is 3.42. The normalized spacial score (nSPS) is 10.4. The van der Waals surface area contributed by atoms with E-state index < -0.39 is 0 Å². The van der Waals surface area contributed by atoms with Gasteiger partial charge in [0.15, 0.2) is 11.5 Å². The molecule has 0 saturated carbocycles. The Morgan fingerprint density at radius 1 is 0.706 bits per heavy atom. The Kier molecular flexibility index (Phi) is 8.76. The molecular formula is C26H27ClN2O5. The molecule has 0 radical (unpaired) electrons. The predicted molar refractivity (Wildman–Crippen MR) is 134 cm³/mol. The second-order valence-corrected chi connectivity index (χ2v) is 7.54. The van der Waals surface area contributed by atoms with Crippen molar-refractivity contribution < 1.29 is 23.8 Å². The SMILES string of the molecule is CCOc1cc(C(=O)Nc2cccc(NC(=O)c3cccc(Cl)c3)c2)cc(OCC)c1OCC. The van der Waals surface area contributed by atoms with E-state index in [1.807, 2.05) is 20.8 Å². The number of hydrogen-bond acceptors (Lipinski definition) is 5. The van der Waals surface area contributed by atoms with E-state index in [0.717, 1.165) is 0 Å². The monoisotopic (exact) mass is 482 g/mol. The Hall–Kier alpha value is -3.71. The number of ether oxygens (including phenoxy) is 3. The molecule has 7 nitrogen and oxygen atoms in total. The summed E-state index contributed by atoms with van der Waals surface area (Å²) in [4.78, 5) is 25.5. The van der Waals surface area contributed by atoms with Gasteiger partial charge in [0.1, 0.15) is 0 Å². The van der Waals surface area contributed by atoms with Crippen LogP contribution in [0.15, 0.2) is 60.7 Å². The van der Waals surface area contributed by atoms with Crippen molar-refractivity contribution in [2.45, 2.75) is 20.8 Å². The highest BCUT2D eigenvalue weighted by molar-refractivity contribution is 6.31. The quantitative estimate of drug-likeness (QED) is 0.368. The van der Waals surface area contributed by atoms with Crippen LogP contribution in [0.3, 0.4) is 0 Å². The van der Waals surface area contributed by atoms with E-state index in [-0.39, 0.29) is 11.8 Å². The first-order valence-electron chi connectivity index (χ1n) is 11.0. The lowest BCUT2D eigenvalue weighted by atomic mass is 10.1. The molecule has 0 spiro atoms. The van der Waals surface area contributed by atoms with Crippen LogP contribution in [0.4, 0.5) is 11.4 Å². The van der Waals surface area contributed by atoms with Gasteiger partial charge in [-0.15, -0.1) is 0 Å². The van der Waals surface area contributed by atoms with Crippen LogP contribution in [0.1, 0.15) is 41.5 Å². The molecule has 178 valence electrons. The van der Waals surface area contributed by atoms with E-state index in [4.69, 9.17) is 25.8 Å². The Balaban J connectivity index is 1.80. The predicted octanol–water partition coefficient (Wildman–Crippen LogP) is 6.04. The van der Waals surface area contributed by atoms with Crippen LogP contribution in [0.5, 0.6) is 17.2 Å². The lowest BCUT2D eigenvalue weighted by molar-refractivity contribution is 0.101. The van der Waals surface area contributed by atoms with Gasteiger partial charge in [-0.25, -0.2) is 0 Å². The highest BCUT2D eigenvalue weighted by Crippen LogP contribution is 2.39. The third-order valence-electron chi connectivity index (χ3n) is 4.64. The topological polar surface area (TPSA) is 85.9 Å². The summed E-state index contributed by atoms with van der Waals surface area (Å²) in [6, 6.07) is 16.8. The number of rotatable bonds is 10. The average Bonchev–Trinajstić information content (AvgIpc) is 2.81. The number of anilines is 2. The van der Waals surface area contributed by atoms with Crippen LogP contribution >= 0.6 is 11.6 Å². The number of hydrogen-bond donors (Lipinski definition) is 2. The lowest BCUT2D eigenvalue weighted by Crippen LogP contribution is -2.14. The minimum Gasteiger partial charge on any atom is -0.490 e. The fraction of sp³-hybridized carbons (Fsp3) is 0.231. The van der Waals surface area contributed by atoms with Crippen molar-refractivity contribution in [3.05, 3.63) is 76.8 Å². The van der Waals surface area contributed by atoms with Crippen molar-refractivity contribution in [3.8, 4) is 17.2 Å². The van der Waals surface area contributed by atoms with Gasteiger partial charge in [0, 0.05) is 27.5 Å². The maximum Gasteiger partial charge on any atom is 0.255 e. The van der Waals surface area contributed by atoms with Gasteiger partial charge >= 0.3 is 0 Å². The Labute approximate surface area is 204 Å². The summed E-state index contributed by atoms with van der Waals surface area (Å²) >= 11 is 5.97. The highest BCUT2D eigenvalue weighted by Gasteiger charge is 2.18. The van der Waals surface area contributed by atoms with Crippen LogP contribution in [-0.4, -0.2) is 31.6 Å². The summed E-state index contributed by atoms with van der Waals surface area (Å²) in [6.45, 7) is 6.82. The van der Waals surface area contributed by atoms with Crippen LogP contribution in [0.25, 0.3) is 0 Å². The molecule has 0 bridgehead atoms. The number of amides is 2. The molecule has 3 rings (SSSR count). The summed E-state index contributed by atoms with van der Waals surface area (Å²) in [7, 11) is 0. The summed E-state index contributed by atoms with van der Waals surface area (Å²) in [5.41, 5.74) is 1.82. The van der Waals surface area contributed by atoms with E-state index in [9.17, 15) is 9.59 Å². The van der Waals surface area contributed by atoms with E-state index in [2.05, 4.69) is 10.6 Å². The molecule has 0 aromatic heterocycles. The number of carbonyl (C=O) groups excluding carboxylic acids is 2. The molecule has 2 amide bonds. The maximum atomic E-state index is 13.0. The van der Waals surface area contributed by atoms with Gasteiger partial charge in [-0.2, -0.15) is 0 Å². The molecule has 0 heterocycles. The Bertz CT molecular complexity index is 1140. The molecular weight excluding hydrogens is 456 g/mol. The molecule has 0 aliphatic carbocycles. The molecule has 0 aliphatic heterocycles. The van der Waals surface area contributed by atoms with Crippen LogP contribution in [0.2, 0.25) is 5.02 Å². The molecule has 3 aromatic rings. The molecule has 0 saturated heterocycles. The zero-order chi connectivity index (χ0) is 24.5. The largest absolute Gasteiger partial charge is 0.490 e. The first kappa shape index (κ1) is 24.9. The zero-order valence-corrected chi connectivity index (χ0v) is 20.1. The summed E-state index contributed by atoms with van der Waals surface area (Å²) in [5.74, 6) is 0.669. The van der Waals surface area contributed by atoms with Gasteiger partial charge in [-0.3, -0.25) is 9.59 Å². The minimum absolute atomic E-state index is 0.305. The molecule has 3 aromatic carbocycles. The van der Waals surface area contributed by atoms with Gasteiger partial charge in [-0.1, -0.05) is 23.7 Å². The van der Waals surface area contributed by atoms with Gasteiger partial charge in [0.2, 0.25) is 5.75 Å². The molecule has 0 unspecified atom stereocenters. The van der Waals surface area contributed by atoms with Crippen molar-refractivity contribution in [1.29, 1.82) is 0 Å². The van der Waals surface area contributed by atoms with Crippen LogP contribution in [0, 0.1) is 0 Å². The third-order valence-corrected chi connectivity index (χ3v) is 4.87.